The average Bonchev–Trinajstić information content (AvgIpc) is 3.72. The van der Waals surface area contributed by atoms with E-state index in [9.17, 15) is 0 Å². The van der Waals surface area contributed by atoms with E-state index >= 15 is 0 Å². The number of anilines is 3. The molecule has 3 nitrogen and oxygen atoms in total. The lowest BCUT2D eigenvalue weighted by Gasteiger charge is -2.28. The summed E-state index contributed by atoms with van der Waals surface area (Å²) in [6.45, 7) is 18.4. The van der Waals surface area contributed by atoms with Crippen LogP contribution >= 0.6 is 0 Å². The van der Waals surface area contributed by atoms with E-state index in [1.54, 1.807) is 0 Å². The van der Waals surface area contributed by atoms with Gasteiger partial charge in [-0.2, -0.15) is 0 Å². The van der Waals surface area contributed by atoms with Gasteiger partial charge in [0, 0.05) is 27.3 Å². The molecule has 8 aromatic rings. The summed E-state index contributed by atoms with van der Waals surface area (Å²) in [5.41, 5.74) is 14.4. The highest BCUT2D eigenvalue weighted by molar-refractivity contribution is 6.16. The molecule has 2 heterocycles. The molecule has 248 valence electrons. The summed E-state index contributed by atoms with van der Waals surface area (Å²) < 4.78 is 13.5. The van der Waals surface area contributed by atoms with E-state index in [2.05, 4.69) is 169 Å². The Kier molecular flexibility index (Phi) is 6.38. The summed E-state index contributed by atoms with van der Waals surface area (Å²) in [5.74, 6) is 0. The summed E-state index contributed by atoms with van der Waals surface area (Å²) in [4.78, 5) is 2.40. The van der Waals surface area contributed by atoms with Gasteiger partial charge >= 0.3 is 0 Å². The molecule has 0 radical (unpaired) electrons. The molecule has 0 spiro atoms. The Bertz CT molecular complexity index is 2650. The van der Waals surface area contributed by atoms with Crippen molar-refractivity contribution in [2.45, 2.75) is 71.6 Å². The Morgan fingerprint density at radius 3 is 2.00 bits per heavy atom. The predicted octanol–water partition coefficient (Wildman–Crippen LogP) is 13.9. The molecule has 0 aliphatic heterocycles. The van der Waals surface area contributed by atoms with Crippen molar-refractivity contribution >= 4 is 60.9 Å². The number of furan rings is 2. The van der Waals surface area contributed by atoms with Crippen LogP contribution in [0.3, 0.4) is 0 Å². The molecule has 0 amide bonds. The lowest BCUT2D eigenvalue weighted by molar-refractivity contribution is 0.569. The highest BCUT2D eigenvalue weighted by Gasteiger charge is 2.36. The van der Waals surface area contributed by atoms with Crippen molar-refractivity contribution in [3.63, 3.8) is 0 Å². The molecule has 0 saturated carbocycles. The number of nitrogens with zero attached hydrogens (tertiary/aromatic N) is 1. The van der Waals surface area contributed by atoms with Crippen molar-refractivity contribution in [1.29, 1.82) is 0 Å². The Morgan fingerprint density at radius 2 is 1.20 bits per heavy atom. The first-order valence-corrected chi connectivity index (χ1v) is 17.8. The van der Waals surface area contributed by atoms with Crippen molar-refractivity contribution in [2.75, 3.05) is 4.90 Å². The molecule has 0 unspecified atom stereocenters. The molecule has 6 aromatic carbocycles. The lowest BCUT2D eigenvalue weighted by atomic mass is 9.79. The fourth-order valence-electron chi connectivity index (χ4n) is 8.29. The van der Waals surface area contributed by atoms with Crippen molar-refractivity contribution < 1.29 is 8.83 Å². The van der Waals surface area contributed by atoms with Crippen molar-refractivity contribution in [3.8, 4) is 11.1 Å². The van der Waals surface area contributed by atoms with E-state index in [-0.39, 0.29) is 16.2 Å². The molecule has 0 saturated heterocycles. The second kappa shape index (κ2) is 10.4. The second-order valence-electron chi connectivity index (χ2n) is 16.6. The number of rotatable bonds is 3. The fraction of sp³-hybridized carbons (Fsp3) is 0.234. The molecule has 2 aromatic heterocycles. The summed E-state index contributed by atoms with van der Waals surface area (Å²) in [6, 6.07) is 41.9. The molecule has 0 atom stereocenters. The summed E-state index contributed by atoms with van der Waals surface area (Å²) in [5, 5.41) is 4.51. The van der Waals surface area contributed by atoms with Crippen molar-refractivity contribution in [3.05, 3.63) is 138 Å². The third-order valence-corrected chi connectivity index (χ3v) is 10.9. The van der Waals surface area contributed by atoms with Gasteiger partial charge in [0.15, 0.2) is 5.58 Å². The molecule has 50 heavy (non-hydrogen) atoms. The first kappa shape index (κ1) is 30.8. The third kappa shape index (κ3) is 4.42. The second-order valence-corrected chi connectivity index (χ2v) is 16.6. The van der Waals surface area contributed by atoms with E-state index in [4.69, 9.17) is 8.83 Å². The fourth-order valence-corrected chi connectivity index (χ4v) is 8.29. The van der Waals surface area contributed by atoms with Crippen LogP contribution in [-0.4, -0.2) is 0 Å². The average molecular weight is 654 g/mol. The van der Waals surface area contributed by atoms with Crippen LogP contribution in [0.4, 0.5) is 17.1 Å². The number of benzene rings is 6. The Balaban J connectivity index is 1.38. The number of hydrogen-bond acceptors (Lipinski definition) is 3. The maximum Gasteiger partial charge on any atom is 0.159 e. The van der Waals surface area contributed by atoms with Crippen LogP contribution in [0.5, 0.6) is 0 Å². The minimum Gasteiger partial charge on any atom is -0.456 e. The number of fused-ring (bicyclic) bond motifs is 9. The summed E-state index contributed by atoms with van der Waals surface area (Å²) in [7, 11) is 0. The van der Waals surface area contributed by atoms with Gasteiger partial charge in [0.25, 0.3) is 0 Å². The molecule has 0 fully saturated rings. The van der Waals surface area contributed by atoms with Crippen LogP contribution in [0.1, 0.15) is 77.6 Å². The molecule has 3 heteroatoms. The smallest absolute Gasteiger partial charge is 0.159 e. The van der Waals surface area contributed by atoms with E-state index in [0.717, 1.165) is 55.6 Å². The topological polar surface area (TPSA) is 29.5 Å². The summed E-state index contributed by atoms with van der Waals surface area (Å²) in [6.07, 6.45) is 0. The zero-order valence-corrected chi connectivity index (χ0v) is 30.2. The minimum absolute atomic E-state index is 0.0190. The van der Waals surface area contributed by atoms with Gasteiger partial charge in [-0.05, 0) is 86.7 Å². The molecular formula is C47H43NO2. The van der Waals surface area contributed by atoms with E-state index in [0.29, 0.717) is 0 Å². The predicted molar refractivity (Wildman–Crippen MR) is 211 cm³/mol. The largest absolute Gasteiger partial charge is 0.456 e. The van der Waals surface area contributed by atoms with E-state index < -0.39 is 0 Å². The van der Waals surface area contributed by atoms with Crippen LogP contribution in [0.25, 0.3) is 55.0 Å². The number of para-hydroxylation sites is 2. The van der Waals surface area contributed by atoms with Crippen LogP contribution in [0, 0.1) is 0 Å². The van der Waals surface area contributed by atoms with Gasteiger partial charge in [-0.15, -0.1) is 0 Å². The monoisotopic (exact) mass is 653 g/mol. The molecular weight excluding hydrogens is 611 g/mol. The Labute approximate surface area is 294 Å². The van der Waals surface area contributed by atoms with Gasteiger partial charge in [0.1, 0.15) is 16.7 Å². The minimum atomic E-state index is -0.141. The zero-order chi connectivity index (χ0) is 34.7. The molecule has 0 bridgehead atoms. The maximum absolute atomic E-state index is 7.08. The third-order valence-electron chi connectivity index (χ3n) is 10.9. The van der Waals surface area contributed by atoms with E-state index in [1.165, 1.54) is 38.8 Å². The molecule has 9 rings (SSSR count). The molecule has 1 aliphatic rings. The van der Waals surface area contributed by atoms with E-state index in [1.807, 2.05) is 6.07 Å². The number of hydrogen-bond donors (Lipinski definition) is 0. The highest BCUT2D eigenvalue weighted by atomic mass is 16.3. The molecule has 1 aliphatic carbocycles. The van der Waals surface area contributed by atoms with Crippen molar-refractivity contribution in [2.24, 2.45) is 0 Å². The standard InChI is InChI=1S/C47H43NO2/c1-45(2,3)28-25-36(46(4,5)6)42-33-17-13-20-38(44(33)50-41(42)26-28)48(37-19-14-22-40-43(37)32-16-10-12-21-39(32)49-40)29-23-24-31-30-15-9-11-18-34(30)47(7,8)35(31)27-29/h9-27H,1-8H3. The van der Waals surface area contributed by atoms with Crippen LogP contribution < -0.4 is 4.90 Å². The van der Waals surface area contributed by atoms with Gasteiger partial charge in [0.05, 0.1) is 16.8 Å². The SMILES string of the molecule is CC(C)(C)c1cc(C(C)(C)C)c2c(c1)oc1c(N(c3ccc4c(c3)C(C)(C)c3ccccc3-4)c3cccc4oc5ccccc5c34)cccc12. The van der Waals surface area contributed by atoms with Crippen LogP contribution in [-0.2, 0) is 16.2 Å². The Hall–Kier alpha value is -5.28. The quantitative estimate of drug-likeness (QED) is 0.190. The maximum atomic E-state index is 7.08. The van der Waals surface area contributed by atoms with Crippen LogP contribution in [0.15, 0.2) is 124 Å². The van der Waals surface area contributed by atoms with Gasteiger partial charge in [0.2, 0.25) is 0 Å². The van der Waals surface area contributed by atoms with Crippen molar-refractivity contribution in [1.82, 2.24) is 0 Å². The highest BCUT2D eigenvalue weighted by Crippen LogP contribution is 2.53. The van der Waals surface area contributed by atoms with Gasteiger partial charge in [-0.3, -0.25) is 0 Å². The first-order valence-electron chi connectivity index (χ1n) is 17.8. The van der Waals surface area contributed by atoms with Gasteiger partial charge in [-0.1, -0.05) is 128 Å². The zero-order valence-electron chi connectivity index (χ0n) is 30.2. The normalized spacial score (nSPS) is 14.2. The molecule has 0 N–H and O–H groups in total. The summed E-state index contributed by atoms with van der Waals surface area (Å²) >= 11 is 0. The van der Waals surface area contributed by atoms with Crippen LogP contribution in [0.2, 0.25) is 0 Å². The van der Waals surface area contributed by atoms with Gasteiger partial charge in [-0.25, -0.2) is 0 Å². The first-order chi connectivity index (χ1) is 23.8. The Morgan fingerprint density at radius 1 is 0.520 bits per heavy atom. The van der Waals surface area contributed by atoms with Gasteiger partial charge < -0.3 is 13.7 Å². The lowest BCUT2D eigenvalue weighted by Crippen LogP contribution is -2.16.